The van der Waals surface area contributed by atoms with Crippen LogP contribution in [0.25, 0.3) is 0 Å². The first-order valence-corrected chi connectivity index (χ1v) is 3.36. The van der Waals surface area contributed by atoms with Crippen LogP contribution in [0.5, 0.6) is 0 Å². The summed E-state index contributed by atoms with van der Waals surface area (Å²) in [6.45, 7) is 1.25. The molecule has 0 unspecified atom stereocenters. The summed E-state index contributed by atoms with van der Waals surface area (Å²) in [4.78, 5) is 0. The van der Waals surface area contributed by atoms with Gasteiger partial charge in [-0.3, -0.25) is 0 Å². The fraction of sp³-hybridized carbons (Fsp3) is 0.500. The highest BCUT2D eigenvalue weighted by molar-refractivity contribution is 4.99. The van der Waals surface area contributed by atoms with Crippen molar-refractivity contribution in [2.75, 3.05) is 6.67 Å². The van der Waals surface area contributed by atoms with Gasteiger partial charge in [-0.15, -0.1) is 0 Å². The Kier molecular flexibility index (Phi) is 6.03. The maximum atomic E-state index is 12.3. The summed E-state index contributed by atoms with van der Waals surface area (Å²) in [5.74, 6) is -0.396. The van der Waals surface area contributed by atoms with Crippen LogP contribution >= 0.6 is 0 Å². The third kappa shape index (κ3) is 5.48. The van der Waals surface area contributed by atoms with Gasteiger partial charge >= 0.3 is 0 Å². The summed E-state index contributed by atoms with van der Waals surface area (Å²) in [7, 11) is 0. The van der Waals surface area contributed by atoms with Crippen molar-refractivity contribution in [1.29, 1.82) is 0 Å². The van der Waals surface area contributed by atoms with Gasteiger partial charge in [0.25, 0.3) is 0 Å². The molecular formula is C8H12F2. The second-order valence-corrected chi connectivity index (χ2v) is 1.89. The molecule has 2 heteroatoms. The van der Waals surface area contributed by atoms with E-state index in [-0.39, 0.29) is 6.42 Å². The molecule has 0 radical (unpaired) electrons. The first-order valence-electron chi connectivity index (χ1n) is 3.36. The third-order valence-electron chi connectivity index (χ3n) is 1.01. The van der Waals surface area contributed by atoms with Crippen LogP contribution in [0.2, 0.25) is 0 Å². The molecule has 0 atom stereocenters. The van der Waals surface area contributed by atoms with Crippen LogP contribution in [0, 0.1) is 0 Å². The summed E-state index contributed by atoms with van der Waals surface area (Å²) >= 11 is 0. The number of hydrogen-bond acceptors (Lipinski definition) is 0. The molecule has 0 aliphatic heterocycles. The Balaban J connectivity index is 3.48. The average Bonchev–Trinajstić information content (AvgIpc) is 1.89. The number of halogens is 2. The lowest BCUT2D eigenvalue weighted by molar-refractivity contribution is 0.537. The highest BCUT2D eigenvalue weighted by Crippen LogP contribution is 2.03. The monoisotopic (exact) mass is 146 g/mol. The second-order valence-electron chi connectivity index (χ2n) is 1.89. The zero-order chi connectivity index (χ0) is 7.82. The van der Waals surface area contributed by atoms with Crippen LogP contribution < -0.4 is 0 Å². The van der Waals surface area contributed by atoms with E-state index < -0.39 is 12.5 Å². The average molecular weight is 146 g/mol. The van der Waals surface area contributed by atoms with Crippen molar-refractivity contribution in [2.24, 2.45) is 0 Å². The van der Waals surface area contributed by atoms with E-state index in [9.17, 15) is 8.78 Å². The van der Waals surface area contributed by atoms with E-state index in [4.69, 9.17) is 0 Å². The molecule has 0 N–H and O–H groups in total. The molecule has 0 heterocycles. The minimum absolute atomic E-state index is 0.220. The Morgan fingerprint density at radius 2 is 2.10 bits per heavy atom. The number of hydrogen-bond donors (Lipinski definition) is 0. The maximum Gasteiger partial charge on any atom is 0.110 e. The molecule has 0 aromatic rings. The molecule has 0 nitrogen and oxygen atoms in total. The molecule has 0 fully saturated rings. The summed E-state index contributed by atoms with van der Waals surface area (Å²) in [5.41, 5.74) is 0. The zero-order valence-electron chi connectivity index (χ0n) is 6.11. The van der Waals surface area contributed by atoms with Crippen LogP contribution in [0.15, 0.2) is 24.1 Å². The molecule has 0 aliphatic rings. The van der Waals surface area contributed by atoms with Crippen molar-refractivity contribution in [3.63, 3.8) is 0 Å². The van der Waals surface area contributed by atoms with Gasteiger partial charge in [0.05, 0.1) is 0 Å². The normalized spacial score (nSPS) is 12.9. The van der Waals surface area contributed by atoms with Crippen LogP contribution in [-0.2, 0) is 0 Å². The molecular weight excluding hydrogens is 134 g/mol. The van der Waals surface area contributed by atoms with Crippen molar-refractivity contribution in [3.05, 3.63) is 24.1 Å². The lowest BCUT2D eigenvalue weighted by Gasteiger charge is -1.86. The van der Waals surface area contributed by atoms with E-state index in [1.165, 1.54) is 0 Å². The van der Waals surface area contributed by atoms with Gasteiger partial charge < -0.3 is 0 Å². The van der Waals surface area contributed by atoms with Gasteiger partial charge in [0.1, 0.15) is 12.5 Å². The quantitative estimate of drug-likeness (QED) is 0.534. The fourth-order valence-corrected chi connectivity index (χ4v) is 0.530. The summed E-state index contributed by atoms with van der Waals surface area (Å²) in [5, 5.41) is 0. The lowest BCUT2D eigenvalue weighted by atomic mass is 10.3. The first-order chi connectivity index (χ1) is 4.81. The fourth-order valence-electron chi connectivity index (χ4n) is 0.530. The Hall–Kier alpha value is -0.660. The molecule has 0 aliphatic carbocycles. The van der Waals surface area contributed by atoms with E-state index in [0.717, 1.165) is 12.5 Å². The summed E-state index contributed by atoms with van der Waals surface area (Å²) in [6.07, 6.45) is 5.60. The van der Waals surface area contributed by atoms with Crippen molar-refractivity contribution >= 4 is 0 Å². The van der Waals surface area contributed by atoms with Crippen molar-refractivity contribution < 1.29 is 8.78 Å². The van der Waals surface area contributed by atoms with E-state index in [1.807, 2.05) is 13.0 Å². The largest absolute Gasteiger partial charge is 0.246 e. The van der Waals surface area contributed by atoms with Gasteiger partial charge in [-0.1, -0.05) is 19.1 Å². The van der Waals surface area contributed by atoms with E-state index in [0.29, 0.717) is 0 Å². The summed E-state index contributed by atoms with van der Waals surface area (Å²) < 4.78 is 23.7. The minimum Gasteiger partial charge on any atom is -0.246 e. The molecule has 58 valence electrons. The van der Waals surface area contributed by atoms with Gasteiger partial charge in [-0.2, -0.15) is 0 Å². The maximum absolute atomic E-state index is 12.3. The molecule has 0 aromatic carbocycles. The van der Waals surface area contributed by atoms with E-state index in [2.05, 4.69) is 0 Å². The van der Waals surface area contributed by atoms with Gasteiger partial charge in [0.15, 0.2) is 0 Å². The van der Waals surface area contributed by atoms with Gasteiger partial charge in [-0.05, 0) is 12.5 Å². The highest BCUT2D eigenvalue weighted by atomic mass is 19.1. The minimum atomic E-state index is -0.716. The van der Waals surface area contributed by atoms with Crippen LogP contribution in [0.4, 0.5) is 8.78 Å². The SMILES string of the molecule is CC/C=C\C/C(F)=C\CF. The molecule has 0 bridgehead atoms. The Bertz CT molecular complexity index is 125. The topological polar surface area (TPSA) is 0 Å². The van der Waals surface area contributed by atoms with Gasteiger partial charge in [0.2, 0.25) is 0 Å². The third-order valence-corrected chi connectivity index (χ3v) is 1.01. The molecule has 0 saturated carbocycles. The lowest BCUT2D eigenvalue weighted by Crippen LogP contribution is -1.72. The van der Waals surface area contributed by atoms with Gasteiger partial charge in [0, 0.05) is 6.42 Å². The van der Waals surface area contributed by atoms with E-state index >= 15 is 0 Å². The Labute approximate surface area is 60.2 Å². The first kappa shape index (κ1) is 9.34. The molecule has 0 amide bonds. The Morgan fingerprint density at radius 3 is 2.60 bits per heavy atom. The number of rotatable bonds is 4. The predicted octanol–water partition coefficient (Wildman–Crippen LogP) is 3.17. The number of allylic oxidation sites excluding steroid dienone is 4. The molecule has 10 heavy (non-hydrogen) atoms. The van der Waals surface area contributed by atoms with Crippen LogP contribution in [-0.4, -0.2) is 6.67 Å². The Morgan fingerprint density at radius 1 is 1.40 bits per heavy atom. The highest BCUT2D eigenvalue weighted by Gasteiger charge is 1.87. The zero-order valence-corrected chi connectivity index (χ0v) is 6.11. The standard InChI is InChI=1S/C8H12F2/c1-2-3-4-5-8(10)6-7-9/h3-4,6H,2,5,7H2,1H3/b4-3-,8-6+. The van der Waals surface area contributed by atoms with Crippen molar-refractivity contribution in [3.8, 4) is 0 Å². The summed E-state index contributed by atoms with van der Waals surface area (Å²) in [6, 6.07) is 0. The predicted molar refractivity (Wildman–Crippen MR) is 39.2 cm³/mol. The molecule has 0 spiro atoms. The van der Waals surface area contributed by atoms with Gasteiger partial charge in [-0.25, -0.2) is 8.78 Å². The van der Waals surface area contributed by atoms with Crippen molar-refractivity contribution in [2.45, 2.75) is 19.8 Å². The molecule has 0 saturated heterocycles. The van der Waals surface area contributed by atoms with Crippen molar-refractivity contribution in [1.82, 2.24) is 0 Å². The number of alkyl halides is 1. The second kappa shape index (κ2) is 6.46. The smallest absolute Gasteiger partial charge is 0.110 e. The molecule has 0 rings (SSSR count). The molecule has 0 aromatic heterocycles. The van der Waals surface area contributed by atoms with E-state index in [1.54, 1.807) is 6.08 Å². The van der Waals surface area contributed by atoms with Crippen LogP contribution in [0.1, 0.15) is 19.8 Å². The van der Waals surface area contributed by atoms with Crippen LogP contribution in [0.3, 0.4) is 0 Å².